The topological polar surface area (TPSA) is 117 Å². The summed E-state index contributed by atoms with van der Waals surface area (Å²) in [6.45, 7) is 0. The van der Waals surface area contributed by atoms with Gasteiger partial charge in [-0.1, -0.05) is 73.9 Å². The molecule has 0 amide bonds. The molecular weight excluding hydrogens is 745 g/mol. The maximum Gasteiger partial charge on any atom is 0.337 e. The Morgan fingerprint density at radius 3 is 2.03 bits per heavy atom. The molecule has 0 atom stereocenters. The molecule has 5 aromatic carbocycles. The second-order valence-electron chi connectivity index (χ2n) is 15.5. The molecule has 10 heteroatoms. The number of carboxylic acid groups (broad SMARTS) is 1. The SMILES string of the molecule is O=C(O)c1c(-c2cnn(-c3ccccc3)c2)cc2c(nc(-c3ccc4nc(-c5cnn(-c6ccccc6)c5)ccc4c3)n2C2CCCCC2)c1-c1ccc2ncccc2c1. The highest BCUT2D eigenvalue weighted by molar-refractivity contribution is 6.12. The van der Waals surface area contributed by atoms with Crippen LogP contribution in [-0.4, -0.2) is 50.2 Å². The first-order valence-corrected chi connectivity index (χ1v) is 20.4. The molecule has 1 N–H and O–H groups in total. The van der Waals surface area contributed by atoms with E-state index in [1.807, 2.05) is 126 Å². The number of fused-ring (bicyclic) bond motifs is 3. The van der Waals surface area contributed by atoms with Gasteiger partial charge in [0, 0.05) is 63.2 Å². The third-order valence-corrected chi connectivity index (χ3v) is 11.8. The van der Waals surface area contributed by atoms with Gasteiger partial charge in [-0.25, -0.2) is 24.1 Å². The summed E-state index contributed by atoms with van der Waals surface area (Å²) in [6, 6.07) is 42.4. The van der Waals surface area contributed by atoms with Crippen molar-refractivity contribution < 1.29 is 9.90 Å². The van der Waals surface area contributed by atoms with Crippen LogP contribution in [0.2, 0.25) is 0 Å². The lowest BCUT2D eigenvalue weighted by Crippen LogP contribution is -2.14. The summed E-state index contributed by atoms with van der Waals surface area (Å²) in [5, 5.41) is 22.4. The second-order valence-corrected chi connectivity index (χ2v) is 15.5. The number of aromatic carboxylic acids is 1. The predicted molar refractivity (Wildman–Crippen MR) is 235 cm³/mol. The van der Waals surface area contributed by atoms with Crippen LogP contribution in [0.3, 0.4) is 0 Å². The summed E-state index contributed by atoms with van der Waals surface area (Å²) in [4.78, 5) is 28.8. The summed E-state index contributed by atoms with van der Waals surface area (Å²) in [5.74, 6) is -0.222. The quantitative estimate of drug-likeness (QED) is 0.163. The minimum Gasteiger partial charge on any atom is -0.478 e. The van der Waals surface area contributed by atoms with Gasteiger partial charge in [0.25, 0.3) is 0 Å². The third kappa shape index (κ3) is 6.21. The van der Waals surface area contributed by atoms with Crippen LogP contribution in [0.5, 0.6) is 0 Å². The van der Waals surface area contributed by atoms with Crippen molar-refractivity contribution in [1.29, 1.82) is 0 Å². The minimum atomic E-state index is -1.03. The number of hydrogen-bond acceptors (Lipinski definition) is 6. The zero-order valence-electron chi connectivity index (χ0n) is 32.6. The van der Waals surface area contributed by atoms with Gasteiger partial charge in [-0.2, -0.15) is 10.2 Å². The third-order valence-electron chi connectivity index (χ3n) is 11.8. The van der Waals surface area contributed by atoms with Crippen molar-refractivity contribution in [3.63, 3.8) is 0 Å². The molecule has 11 rings (SSSR count). The fraction of sp³-hybridized carbons (Fsp3) is 0.120. The maximum absolute atomic E-state index is 13.7. The number of hydrogen-bond donors (Lipinski definition) is 1. The molecule has 5 heterocycles. The Hall–Kier alpha value is -7.72. The molecule has 0 saturated heterocycles. The van der Waals surface area contributed by atoms with E-state index in [-0.39, 0.29) is 11.6 Å². The van der Waals surface area contributed by atoms with Crippen molar-refractivity contribution in [2.24, 2.45) is 0 Å². The molecule has 1 aliphatic rings. The highest BCUT2D eigenvalue weighted by atomic mass is 16.4. The van der Waals surface area contributed by atoms with Crippen molar-refractivity contribution in [2.45, 2.75) is 38.1 Å². The van der Waals surface area contributed by atoms with E-state index in [0.29, 0.717) is 22.2 Å². The van der Waals surface area contributed by atoms with Gasteiger partial charge in [0.1, 0.15) is 5.82 Å². The van der Waals surface area contributed by atoms with Crippen LogP contribution in [0.1, 0.15) is 48.5 Å². The molecule has 290 valence electrons. The lowest BCUT2D eigenvalue weighted by molar-refractivity contribution is 0.0698. The number of rotatable bonds is 8. The molecule has 60 heavy (non-hydrogen) atoms. The highest BCUT2D eigenvalue weighted by Gasteiger charge is 2.30. The van der Waals surface area contributed by atoms with Crippen LogP contribution >= 0.6 is 0 Å². The lowest BCUT2D eigenvalue weighted by atomic mass is 9.90. The second kappa shape index (κ2) is 14.6. The zero-order valence-corrected chi connectivity index (χ0v) is 32.6. The Balaban J connectivity index is 1.12. The van der Waals surface area contributed by atoms with Gasteiger partial charge in [0.15, 0.2) is 0 Å². The van der Waals surface area contributed by atoms with Crippen LogP contribution in [0.4, 0.5) is 0 Å². The summed E-state index contributed by atoms with van der Waals surface area (Å²) >= 11 is 0. The minimum absolute atomic E-state index is 0.181. The van der Waals surface area contributed by atoms with Crippen LogP contribution in [-0.2, 0) is 0 Å². The Morgan fingerprint density at radius 1 is 0.617 bits per heavy atom. The first-order chi connectivity index (χ1) is 29.6. The van der Waals surface area contributed by atoms with Crippen LogP contribution in [0.15, 0.2) is 158 Å². The van der Waals surface area contributed by atoms with Crippen LogP contribution < -0.4 is 0 Å². The van der Waals surface area contributed by atoms with E-state index in [4.69, 9.17) is 15.1 Å². The molecule has 1 fully saturated rings. The number of imidazole rings is 1. The summed E-state index contributed by atoms with van der Waals surface area (Å²) in [5.41, 5.74) is 10.7. The molecule has 1 saturated carbocycles. The number of carbonyl (C=O) groups is 1. The predicted octanol–water partition coefficient (Wildman–Crippen LogP) is 11.4. The lowest BCUT2D eigenvalue weighted by Gasteiger charge is -2.26. The molecule has 0 aliphatic heterocycles. The van der Waals surface area contributed by atoms with E-state index in [9.17, 15) is 9.90 Å². The number of nitrogens with zero attached hydrogens (tertiary/aromatic N) is 8. The van der Waals surface area contributed by atoms with Gasteiger partial charge < -0.3 is 9.67 Å². The van der Waals surface area contributed by atoms with E-state index in [1.54, 1.807) is 17.1 Å². The van der Waals surface area contributed by atoms with Crippen molar-refractivity contribution in [1.82, 2.24) is 39.1 Å². The molecule has 10 aromatic rings. The van der Waals surface area contributed by atoms with E-state index in [0.717, 1.165) is 92.6 Å². The van der Waals surface area contributed by atoms with E-state index in [2.05, 4.69) is 38.9 Å². The molecule has 0 radical (unpaired) electrons. The zero-order chi connectivity index (χ0) is 40.2. The maximum atomic E-state index is 13.7. The molecule has 10 nitrogen and oxygen atoms in total. The van der Waals surface area contributed by atoms with Gasteiger partial charge in [-0.05, 0) is 91.2 Å². The monoisotopic (exact) mass is 782 g/mol. The van der Waals surface area contributed by atoms with Gasteiger partial charge in [0.2, 0.25) is 0 Å². The van der Waals surface area contributed by atoms with Crippen molar-refractivity contribution in [2.75, 3.05) is 0 Å². The van der Waals surface area contributed by atoms with E-state index >= 15 is 0 Å². The van der Waals surface area contributed by atoms with Gasteiger partial charge in [-0.3, -0.25) is 4.98 Å². The highest BCUT2D eigenvalue weighted by Crippen LogP contribution is 2.44. The molecule has 0 bridgehead atoms. The Labute approximate surface area is 345 Å². The number of para-hydroxylation sites is 2. The van der Waals surface area contributed by atoms with Gasteiger partial charge >= 0.3 is 5.97 Å². The van der Waals surface area contributed by atoms with Gasteiger partial charge in [-0.15, -0.1) is 0 Å². The van der Waals surface area contributed by atoms with Crippen molar-refractivity contribution in [3.8, 4) is 56.3 Å². The molecule has 1 aliphatic carbocycles. The molecular formula is C50H38N8O2. The number of carboxylic acids is 1. The normalized spacial score (nSPS) is 13.4. The Bertz CT molecular complexity index is 3230. The van der Waals surface area contributed by atoms with Crippen LogP contribution in [0, 0.1) is 0 Å². The first kappa shape index (κ1) is 35.4. The average Bonchev–Trinajstić information content (AvgIpc) is 4.09. The smallest absolute Gasteiger partial charge is 0.337 e. The molecule has 0 spiro atoms. The molecule has 5 aromatic heterocycles. The molecule has 0 unspecified atom stereocenters. The summed E-state index contributed by atoms with van der Waals surface area (Å²) in [6.07, 6.45) is 14.7. The number of aromatic nitrogens is 8. The van der Waals surface area contributed by atoms with Crippen molar-refractivity contribution in [3.05, 3.63) is 164 Å². The first-order valence-electron chi connectivity index (χ1n) is 20.4. The number of benzene rings is 5. The van der Waals surface area contributed by atoms with E-state index in [1.165, 1.54) is 6.42 Å². The fourth-order valence-corrected chi connectivity index (χ4v) is 8.89. The largest absolute Gasteiger partial charge is 0.478 e. The van der Waals surface area contributed by atoms with Crippen LogP contribution in [0.25, 0.3) is 89.1 Å². The van der Waals surface area contributed by atoms with Gasteiger partial charge in [0.05, 0.1) is 57.1 Å². The average molecular weight is 783 g/mol. The van der Waals surface area contributed by atoms with Crippen molar-refractivity contribution >= 4 is 38.8 Å². The standard InChI is InChI=1S/C50H38N8O2/c59-50(60)47-41(36-28-52-56(30-36)38-12-4-1-5-13-38)27-45-48(46(47)34-19-21-42-32(25-34)11-10-24-51-42)55-49(58(45)40-16-8-3-9-17-40)35-20-23-43-33(26-35)18-22-44(54-43)37-29-53-57(31-37)39-14-6-2-7-15-39/h1-2,4-7,10-15,18-31,40H,3,8-9,16-17H2,(H,59,60). The summed E-state index contributed by atoms with van der Waals surface area (Å²) in [7, 11) is 0. The van der Waals surface area contributed by atoms with E-state index < -0.39 is 5.97 Å². The number of pyridine rings is 2. The Kier molecular flexibility index (Phi) is 8.62. The summed E-state index contributed by atoms with van der Waals surface area (Å²) < 4.78 is 6.04. The Morgan fingerprint density at radius 2 is 1.28 bits per heavy atom. The fourth-order valence-electron chi connectivity index (χ4n) is 8.89.